The Kier molecular flexibility index (Phi) is 8.69. The van der Waals surface area contributed by atoms with E-state index in [4.69, 9.17) is 9.47 Å². The molecule has 0 spiro atoms. The molecule has 0 atom stereocenters. The lowest BCUT2D eigenvalue weighted by atomic mass is 10.1. The van der Waals surface area contributed by atoms with E-state index in [-0.39, 0.29) is 5.82 Å². The molecule has 2 N–H and O–H groups in total. The normalized spacial score (nSPS) is 16.0. The van der Waals surface area contributed by atoms with Crippen molar-refractivity contribution in [2.75, 3.05) is 32.9 Å². The highest BCUT2D eigenvalue weighted by Gasteiger charge is 2.13. The van der Waals surface area contributed by atoms with E-state index in [2.05, 4.69) is 15.6 Å². The highest BCUT2D eigenvalue weighted by atomic mass is 19.1. The van der Waals surface area contributed by atoms with Gasteiger partial charge in [0.1, 0.15) is 5.82 Å². The zero-order valence-electron chi connectivity index (χ0n) is 15.3. The summed E-state index contributed by atoms with van der Waals surface area (Å²) >= 11 is 0. The van der Waals surface area contributed by atoms with Gasteiger partial charge in [0.2, 0.25) is 0 Å². The second-order valence-electron chi connectivity index (χ2n) is 6.24. The number of hydrogen-bond donors (Lipinski definition) is 2. The summed E-state index contributed by atoms with van der Waals surface area (Å²) in [6, 6.07) is 5.24. The molecule has 1 heterocycles. The van der Waals surface area contributed by atoms with Gasteiger partial charge in [0.15, 0.2) is 5.96 Å². The molecule has 1 saturated heterocycles. The molecule has 6 heteroatoms. The number of hydrogen-bond acceptors (Lipinski definition) is 3. The topological polar surface area (TPSA) is 54.9 Å². The van der Waals surface area contributed by atoms with E-state index in [0.29, 0.717) is 18.2 Å². The number of nitrogens with zero attached hydrogens (tertiary/aromatic N) is 1. The second-order valence-corrected chi connectivity index (χ2v) is 6.24. The first-order valence-corrected chi connectivity index (χ1v) is 9.15. The Hall–Kier alpha value is -1.66. The molecule has 0 saturated carbocycles. The second kappa shape index (κ2) is 11.1. The number of guanidine groups is 1. The Morgan fingerprint density at radius 1 is 1.32 bits per heavy atom. The van der Waals surface area contributed by atoms with Gasteiger partial charge >= 0.3 is 0 Å². The van der Waals surface area contributed by atoms with Crippen LogP contribution in [0.3, 0.4) is 0 Å². The van der Waals surface area contributed by atoms with Gasteiger partial charge in [-0.25, -0.2) is 9.38 Å². The Balaban J connectivity index is 1.70. The molecule has 1 aliphatic heterocycles. The Morgan fingerprint density at radius 2 is 2.12 bits per heavy atom. The molecule has 25 heavy (non-hydrogen) atoms. The van der Waals surface area contributed by atoms with E-state index in [1.165, 1.54) is 0 Å². The van der Waals surface area contributed by atoms with Crippen molar-refractivity contribution in [1.29, 1.82) is 0 Å². The number of halogens is 1. The summed E-state index contributed by atoms with van der Waals surface area (Å²) in [6.07, 6.45) is 3.24. The summed E-state index contributed by atoms with van der Waals surface area (Å²) in [5, 5.41) is 6.50. The molecule has 5 nitrogen and oxygen atoms in total. The van der Waals surface area contributed by atoms with Crippen molar-refractivity contribution in [1.82, 2.24) is 10.6 Å². The van der Waals surface area contributed by atoms with Crippen molar-refractivity contribution < 1.29 is 13.9 Å². The fourth-order valence-corrected chi connectivity index (χ4v) is 2.62. The zero-order chi connectivity index (χ0) is 17.9. The van der Waals surface area contributed by atoms with Crippen molar-refractivity contribution >= 4 is 5.96 Å². The summed E-state index contributed by atoms with van der Waals surface area (Å²) in [5.74, 6) is 0.561. The van der Waals surface area contributed by atoms with E-state index in [0.717, 1.165) is 63.7 Å². The van der Waals surface area contributed by atoms with Crippen LogP contribution < -0.4 is 10.6 Å². The maximum absolute atomic E-state index is 13.6. The molecule has 1 aliphatic rings. The van der Waals surface area contributed by atoms with E-state index in [9.17, 15) is 4.39 Å². The average Bonchev–Trinajstić information content (AvgIpc) is 2.63. The van der Waals surface area contributed by atoms with Gasteiger partial charge in [0, 0.05) is 32.9 Å². The lowest BCUT2D eigenvalue weighted by molar-refractivity contribution is -0.0320. The number of aliphatic imine (C=N–C) groups is 1. The van der Waals surface area contributed by atoms with Crippen molar-refractivity contribution in [3.63, 3.8) is 0 Å². The minimum atomic E-state index is -0.184. The smallest absolute Gasteiger partial charge is 0.191 e. The molecule has 0 amide bonds. The number of nitrogens with one attached hydrogen (secondary N) is 2. The zero-order valence-corrected chi connectivity index (χ0v) is 15.3. The summed E-state index contributed by atoms with van der Waals surface area (Å²) in [5.41, 5.74) is 1.52. The SMILES string of the molecule is CCNC(=NCc1ccc(C)c(F)c1)NCCCOC1CCOCC1. The lowest BCUT2D eigenvalue weighted by Crippen LogP contribution is -2.38. The van der Waals surface area contributed by atoms with Gasteiger partial charge < -0.3 is 20.1 Å². The fourth-order valence-electron chi connectivity index (χ4n) is 2.62. The molecule has 1 fully saturated rings. The molecule has 1 aromatic rings. The quantitative estimate of drug-likeness (QED) is 0.430. The molecule has 2 rings (SSSR count). The summed E-state index contributed by atoms with van der Waals surface area (Å²) in [7, 11) is 0. The van der Waals surface area contributed by atoms with Crippen molar-refractivity contribution in [3.8, 4) is 0 Å². The molecule has 0 unspecified atom stereocenters. The lowest BCUT2D eigenvalue weighted by Gasteiger charge is -2.22. The van der Waals surface area contributed by atoms with Crippen LogP contribution in [-0.4, -0.2) is 45.0 Å². The van der Waals surface area contributed by atoms with Gasteiger partial charge in [-0.3, -0.25) is 0 Å². The largest absolute Gasteiger partial charge is 0.381 e. The van der Waals surface area contributed by atoms with E-state index >= 15 is 0 Å². The third-order valence-corrected chi connectivity index (χ3v) is 4.14. The third kappa shape index (κ3) is 7.40. The van der Waals surface area contributed by atoms with Crippen LogP contribution in [0.2, 0.25) is 0 Å². The number of aryl methyl sites for hydroxylation is 1. The summed E-state index contributed by atoms with van der Waals surface area (Å²) in [6.45, 7) is 8.16. The van der Waals surface area contributed by atoms with Crippen LogP contribution in [0, 0.1) is 12.7 Å². The van der Waals surface area contributed by atoms with Gasteiger partial charge in [0.25, 0.3) is 0 Å². The molecular formula is C19H30FN3O2. The Morgan fingerprint density at radius 3 is 2.84 bits per heavy atom. The fraction of sp³-hybridized carbons (Fsp3) is 0.632. The maximum atomic E-state index is 13.6. The molecule has 0 bridgehead atoms. The summed E-state index contributed by atoms with van der Waals surface area (Å²) in [4.78, 5) is 4.51. The molecule has 140 valence electrons. The Labute approximate surface area is 150 Å². The first-order valence-electron chi connectivity index (χ1n) is 9.15. The highest BCUT2D eigenvalue weighted by Crippen LogP contribution is 2.11. The molecular weight excluding hydrogens is 321 g/mol. The minimum absolute atomic E-state index is 0.184. The van der Waals surface area contributed by atoms with Crippen LogP contribution in [0.25, 0.3) is 0 Å². The van der Waals surface area contributed by atoms with E-state index in [1.807, 2.05) is 13.0 Å². The number of ether oxygens (including phenoxy) is 2. The van der Waals surface area contributed by atoms with Gasteiger partial charge in [-0.15, -0.1) is 0 Å². The van der Waals surface area contributed by atoms with Crippen molar-refractivity contribution in [2.45, 2.75) is 45.8 Å². The Bertz CT molecular complexity index is 545. The van der Waals surface area contributed by atoms with E-state index < -0.39 is 0 Å². The minimum Gasteiger partial charge on any atom is -0.381 e. The van der Waals surface area contributed by atoms with Gasteiger partial charge in [-0.05, 0) is 50.3 Å². The number of benzene rings is 1. The van der Waals surface area contributed by atoms with Crippen molar-refractivity contribution in [3.05, 3.63) is 35.1 Å². The first kappa shape index (κ1) is 19.7. The maximum Gasteiger partial charge on any atom is 0.191 e. The number of rotatable bonds is 8. The molecule has 0 aromatic heterocycles. The van der Waals surface area contributed by atoms with Crippen LogP contribution >= 0.6 is 0 Å². The average molecular weight is 351 g/mol. The van der Waals surface area contributed by atoms with Gasteiger partial charge in [-0.2, -0.15) is 0 Å². The molecule has 1 aromatic carbocycles. The van der Waals surface area contributed by atoms with Crippen LogP contribution in [0.1, 0.15) is 37.3 Å². The highest BCUT2D eigenvalue weighted by molar-refractivity contribution is 5.79. The molecule has 0 aliphatic carbocycles. The van der Waals surface area contributed by atoms with Crippen LogP contribution in [0.4, 0.5) is 4.39 Å². The predicted molar refractivity (Wildman–Crippen MR) is 98.4 cm³/mol. The standard InChI is InChI=1S/C19H30FN3O2/c1-3-21-19(23-14-16-6-5-15(2)18(20)13-16)22-9-4-10-25-17-7-11-24-12-8-17/h5-6,13,17H,3-4,7-12,14H2,1-2H3,(H2,21,22,23). The van der Waals surface area contributed by atoms with Crippen LogP contribution in [0.5, 0.6) is 0 Å². The van der Waals surface area contributed by atoms with Gasteiger partial charge in [0.05, 0.1) is 12.6 Å². The monoisotopic (exact) mass is 351 g/mol. The first-order chi connectivity index (χ1) is 12.2. The predicted octanol–water partition coefficient (Wildman–Crippen LogP) is 2.77. The van der Waals surface area contributed by atoms with Gasteiger partial charge in [-0.1, -0.05) is 12.1 Å². The molecule has 0 radical (unpaired) electrons. The summed E-state index contributed by atoms with van der Waals surface area (Å²) < 4.78 is 24.8. The van der Waals surface area contributed by atoms with E-state index in [1.54, 1.807) is 19.1 Å². The van der Waals surface area contributed by atoms with Crippen LogP contribution in [0.15, 0.2) is 23.2 Å². The third-order valence-electron chi connectivity index (χ3n) is 4.14. The van der Waals surface area contributed by atoms with Crippen molar-refractivity contribution in [2.24, 2.45) is 4.99 Å². The van der Waals surface area contributed by atoms with Crippen LogP contribution in [-0.2, 0) is 16.0 Å².